The van der Waals surface area contributed by atoms with E-state index in [1.54, 1.807) is 13.8 Å². The molecule has 0 bridgehead atoms. The van der Waals surface area contributed by atoms with Gasteiger partial charge >= 0.3 is 0 Å². The van der Waals surface area contributed by atoms with Gasteiger partial charge in [-0.3, -0.25) is 4.79 Å². The summed E-state index contributed by atoms with van der Waals surface area (Å²) in [5.74, 6) is -0.0150. The van der Waals surface area contributed by atoms with Gasteiger partial charge in [-0.1, -0.05) is 34.8 Å². The first kappa shape index (κ1) is 22.1. The molecule has 1 saturated heterocycles. The van der Waals surface area contributed by atoms with Gasteiger partial charge in [0.25, 0.3) is 5.91 Å². The first-order valence-electron chi connectivity index (χ1n) is 9.72. The molecule has 0 radical (unpaired) electrons. The highest BCUT2D eigenvalue weighted by molar-refractivity contribution is 6.42. The number of anilines is 2. The number of piperidine rings is 1. The Morgan fingerprint density at radius 1 is 1.07 bits per heavy atom. The van der Waals surface area contributed by atoms with Crippen molar-refractivity contribution in [3.63, 3.8) is 0 Å². The standard InChI is InChI=1S/C22H25Cl3N2O2/c1-13-6-4-5-11-27(13)17-9-7-16(8-10-17)26-18(28)12-29-22-20(24)14(2)19(23)15(3)21(22)25/h7-10,13H,4-6,11-12H2,1-3H3,(H,26,28). The molecule has 1 aliphatic heterocycles. The zero-order valence-electron chi connectivity index (χ0n) is 16.8. The monoisotopic (exact) mass is 454 g/mol. The molecule has 1 atom stereocenters. The van der Waals surface area contributed by atoms with Crippen LogP contribution in [-0.2, 0) is 4.79 Å². The van der Waals surface area contributed by atoms with Gasteiger partial charge in [-0.15, -0.1) is 0 Å². The van der Waals surface area contributed by atoms with Crippen molar-refractivity contribution >= 4 is 52.1 Å². The Hall–Kier alpha value is -1.62. The highest BCUT2D eigenvalue weighted by atomic mass is 35.5. The lowest BCUT2D eigenvalue weighted by molar-refractivity contribution is -0.118. The fourth-order valence-electron chi connectivity index (χ4n) is 3.59. The average molecular weight is 456 g/mol. The quantitative estimate of drug-likeness (QED) is 0.548. The van der Waals surface area contributed by atoms with Crippen molar-refractivity contribution in [2.24, 2.45) is 0 Å². The number of rotatable bonds is 5. The number of halogens is 3. The Labute approximate surface area is 187 Å². The molecule has 0 aliphatic carbocycles. The van der Waals surface area contributed by atoms with E-state index in [-0.39, 0.29) is 18.3 Å². The van der Waals surface area contributed by atoms with Crippen LogP contribution >= 0.6 is 34.8 Å². The van der Waals surface area contributed by atoms with E-state index < -0.39 is 0 Å². The van der Waals surface area contributed by atoms with Gasteiger partial charge in [-0.2, -0.15) is 0 Å². The van der Waals surface area contributed by atoms with Crippen molar-refractivity contribution in [1.29, 1.82) is 0 Å². The number of nitrogens with zero attached hydrogens (tertiary/aromatic N) is 1. The van der Waals surface area contributed by atoms with E-state index in [0.717, 1.165) is 6.54 Å². The number of hydrogen-bond donors (Lipinski definition) is 1. The highest BCUT2D eigenvalue weighted by Gasteiger charge is 2.20. The van der Waals surface area contributed by atoms with Gasteiger partial charge in [0.15, 0.2) is 12.4 Å². The summed E-state index contributed by atoms with van der Waals surface area (Å²) in [5, 5.41) is 3.97. The maximum Gasteiger partial charge on any atom is 0.262 e. The Bertz CT molecular complexity index is 871. The van der Waals surface area contributed by atoms with Crippen LogP contribution in [0.2, 0.25) is 15.1 Å². The molecule has 3 rings (SSSR count). The topological polar surface area (TPSA) is 41.6 Å². The van der Waals surface area contributed by atoms with Crippen molar-refractivity contribution in [3.8, 4) is 5.75 Å². The van der Waals surface area contributed by atoms with Crippen molar-refractivity contribution in [2.75, 3.05) is 23.4 Å². The van der Waals surface area contributed by atoms with Crippen LogP contribution in [0.1, 0.15) is 37.3 Å². The number of ether oxygens (including phenoxy) is 1. The van der Waals surface area contributed by atoms with Crippen LogP contribution in [0.15, 0.2) is 24.3 Å². The lowest BCUT2D eigenvalue weighted by atomic mass is 10.0. The molecule has 2 aromatic carbocycles. The predicted molar refractivity (Wildman–Crippen MR) is 122 cm³/mol. The number of nitrogens with one attached hydrogen (secondary N) is 1. The van der Waals surface area contributed by atoms with Crippen molar-refractivity contribution in [1.82, 2.24) is 0 Å². The molecule has 156 valence electrons. The van der Waals surface area contributed by atoms with Crippen molar-refractivity contribution in [2.45, 2.75) is 46.1 Å². The molecule has 1 amide bonds. The molecule has 1 aliphatic rings. The summed E-state index contributed by atoms with van der Waals surface area (Å²) in [5.41, 5.74) is 3.24. The summed E-state index contributed by atoms with van der Waals surface area (Å²) < 4.78 is 5.61. The summed E-state index contributed by atoms with van der Waals surface area (Å²) in [7, 11) is 0. The van der Waals surface area contributed by atoms with Crippen LogP contribution in [0.5, 0.6) is 5.75 Å². The first-order chi connectivity index (χ1) is 13.8. The molecule has 2 aromatic rings. The number of amides is 1. The van der Waals surface area contributed by atoms with Gasteiger partial charge in [-0.05, 0) is 75.4 Å². The zero-order chi connectivity index (χ0) is 21.1. The van der Waals surface area contributed by atoms with Gasteiger partial charge in [0.1, 0.15) is 0 Å². The van der Waals surface area contributed by atoms with Gasteiger partial charge in [0, 0.05) is 29.0 Å². The molecule has 1 fully saturated rings. The second kappa shape index (κ2) is 9.46. The molecule has 0 spiro atoms. The molecule has 1 N–H and O–H groups in total. The van der Waals surface area contributed by atoms with Gasteiger partial charge in [0.05, 0.1) is 10.0 Å². The van der Waals surface area contributed by atoms with Crippen molar-refractivity contribution in [3.05, 3.63) is 50.5 Å². The second-order valence-electron chi connectivity index (χ2n) is 7.44. The Kier molecular flexibility index (Phi) is 7.20. The molecular formula is C22H25Cl3N2O2. The molecular weight excluding hydrogens is 431 g/mol. The largest absolute Gasteiger partial charge is 0.481 e. The SMILES string of the molecule is Cc1c(Cl)c(C)c(Cl)c(OCC(=O)Nc2ccc(N3CCCCC3C)cc2)c1Cl. The van der Waals surface area contributed by atoms with Gasteiger partial charge in [-0.25, -0.2) is 0 Å². The zero-order valence-corrected chi connectivity index (χ0v) is 19.1. The minimum atomic E-state index is -0.290. The van der Waals surface area contributed by atoms with E-state index >= 15 is 0 Å². The summed E-state index contributed by atoms with van der Waals surface area (Å²) in [6.07, 6.45) is 3.71. The van der Waals surface area contributed by atoms with Crippen LogP contribution in [-0.4, -0.2) is 25.1 Å². The summed E-state index contributed by atoms with van der Waals surface area (Å²) in [6, 6.07) is 8.44. The predicted octanol–water partition coefficient (Wildman–Crippen LogP) is 6.66. The van der Waals surface area contributed by atoms with Crippen LogP contribution in [0.25, 0.3) is 0 Å². The summed E-state index contributed by atoms with van der Waals surface area (Å²) in [4.78, 5) is 14.7. The van der Waals surface area contributed by atoms with E-state index in [4.69, 9.17) is 39.5 Å². The maximum absolute atomic E-state index is 12.3. The molecule has 7 heteroatoms. The minimum Gasteiger partial charge on any atom is -0.481 e. The van der Waals surface area contributed by atoms with Crippen molar-refractivity contribution < 1.29 is 9.53 Å². The Morgan fingerprint density at radius 2 is 1.69 bits per heavy atom. The lowest BCUT2D eigenvalue weighted by Crippen LogP contribution is -2.37. The third kappa shape index (κ3) is 4.93. The average Bonchev–Trinajstić information content (AvgIpc) is 2.72. The van der Waals surface area contributed by atoms with Gasteiger partial charge < -0.3 is 15.0 Å². The second-order valence-corrected chi connectivity index (χ2v) is 8.58. The number of hydrogen-bond acceptors (Lipinski definition) is 3. The summed E-state index contributed by atoms with van der Waals surface area (Å²) >= 11 is 18.8. The first-order valence-corrected chi connectivity index (χ1v) is 10.9. The fourth-order valence-corrected chi connectivity index (χ4v) is 4.41. The Balaban J connectivity index is 1.62. The molecule has 1 unspecified atom stereocenters. The van der Waals surface area contributed by atoms with E-state index in [1.807, 2.05) is 24.3 Å². The van der Waals surface area contributed by atoms with E-state index in [1.165, 1.54) is 24.9 Å². The normalized spacial score (nSPS) is 16.6. The number of carbonyl (C=O) groups excluding carboxylic acids is 1. The molecule has 29 heavy (non-hydrogen) atoms. The maximum atomic E-state index is 12.3. The molecule has 0 saturated carbocycles. The molecule has 4 nitrogen and oxygen atoms in total. The number of carbonyl (C=O) groups is 1. The molecule has 1 heterocycles. The smallest absolute Gasteiger partial charge is 0.262 e. The Morgan fingerprint density at radius 3 is 2.28 bits per heavy atom. The van der Waals surface area contributed by atoms with Crippen LogP contribution in [0, 0.1) is 13.8 Å². The third-order valence-corrected chi connectivity index (χ3v) is 6.83. The highest BCUT2D eigenvalue weighted by Crippen LogP contribution is 2.42. The van der Waals surface area contributed by atoms with E-state index in [2.05, 4.69) is 17.1 Å². The van der Waals surface area contributed by atoms with E-state index in [0.29, 0.717) is 37.9 Å². The molecule has 0 aromatic heterocycles. The van der Waals surface area contributed by atoms with Crippen LogP contribution in [0.3, 0.4) is 0 Å². The third-order valence-electron chi connectivity index (χ3n) is 5.35. The number of benzene rings is 2. The van der Waals surface area contributed by atoms with Crippen LogP contribution in [0.4, 0.5) is 11.4 Å². The minimum absolute atomic E-state index is 0.204. The lowest BCUT2D eigenvalue weighted by Gasteiger charge is -2.35. The van der Waals surface area contributed by atoms with Crippen LogP contribution < -0.4 is 15.0 Å². The van der Waals surface area contributed by atoms with E-state index in [9.17, 15) is 4.79 Å². The fraction of sp³-hybridized carbons (Fsp3) is 0.409. The summed E-state index contributed by atoms with van der Waals surface area (Å²) in [6.45, 7) is 6.69. The van der Waals surface area contributed by atoms with Gasteiger partial charge in [0.2, 0.25) is 0 Å².